The van der Waals surface area contributed by atoms with Gasteiger partial charge in [0, 0.05) is 10.6 Å². The molecule has 0 amide bonds. The molecule has 2 heteroatoms. The Morgan fingerprint density at radius 3 is 2.36 bits per heavy atom. The zero-order valence-corrected chi connectivity index (χ0v) is 9.40. The minimum Gasteiger partial charge on any atom is -0.298 e. The van der Waals surface area contributed by atoms with E-state index >= 15 is 0 Å². The van der Waals surface area contributed by atoms with Gasteiger partial charge in [0.05, 0.1) is 0 Å². The molecular weight excluding hydrogens is 196 g/mol. The Kier molecular flexibility index (Phi) is 3.12. The van der Waals surface area contributed by atoms with Crippen LogP contribution in [-0.4, -0.2) is 6.29 Å². The van der Waals surface area contributed by atoms with Crippen molar-refractivity contribution in [3.63, 3.8) is 0 Å². The molecule has 0 aliphatic rings. The largest absolute Gasteiger partial charge is 0.298 e. The number of rotatable bonds is 2. The van der Waals surface area contributed by atoms with Gasteiger partial charge in [-0.1, -0.05) is 24.2 Å². The third kappa shape index (κ3) is 1.73. The molecule has 0 radical (unpaired) electrons. The molecule has 0 spiro atoms. The van der Waals surface area contributed by atoms with Crippen LogP contribution in [0.3, 0.4) is 0 Å². The zero-order chi connectivity index (χ0) is 10.9. The minimum atomic E-state index is 0.489. The van der Waals surface area contributed by atoms with E-state index in [1.54, 1.807) is 0 Å². The molecule has 0 unspecified atom stereocenters. The molecular formula is C12H13ClO. The minimum absolute atomic E-state index is 0.489. The topological polar surface area (TPSA) is 17.1 Å². The first-order valence-electron chi connectivity index (χ1n) is 4.39. The van der Waals surface area contributed by atoms with Crippen molar-refractivity contribution in [1.82, 2.24) is 0 Å². The Hall–Kier alpha value is -1.08. The van der Waals surface area contributed by atoms with Crippen molar-refractivity contribution in [2.75, 3.05) is 0 Å². The van der Waals surface area contributed by atoms with Gasteiger partial charge in [-0.25, -0.2) is 0 Å². The maximum atomic E-state index is 10.9. The predicted molar refractivity (Wildman–Crippen MR) is 60.9 cm³/mol. The average Bonchev–Trinajstić information content (AvgIpc) is 2.02. The van der Waals surface area contributed by atoms with E-state index in [-0.39, 0.29) is 0 Å². The smallest absolute Gasteiger partial charge is 0.150 e. The molecule has 1 aromatic rings. The van der Waals surface area contributed by atoms with Crippen LogP contribution in [0.15, 0.2) is 12.6 Å². The summed E-state index contributed by atoms with van der Waals surface area (Å²) in [7, 11) is 0. The monoisotopic (exact) mass is 208 g/mol. The first kappa shape index (κ1) is 11.0. The number of aldehydes is 1. The summed E-state index contributed by atoms with van der Waals surface area (Å²) in [4.78, 5) is 10.9. The van der Waals surface area contributed by atoms with Crippen LogP contribution in [0.2, 0.25) is 0 Å². The summed E-state index contributed by atoms with van der Waals surface area (Å²) in [5.41, 5.74) is 4.56. The number of hydrogen-bond acceptors (Lipinski definition) is 1. The highest BCUT2D eigenvalue weighted by Gasteiger charge is 2.11. The van der Waals surface area contributed by atoms with E-state index in [0.29, 0.717) is 10.6 Å². The van der Waals surface area contributed by atoms with Crippen LogP contribution in [0, 0.1) is 20.8 Å². The second-order valence-corrected chi connectivity index (χ2v) is 3.90. The summed E-state index contributed by atoms with van der Waals surface area (Å²) in [5, 5.41) is 0.489. The lowest BCUT2D eigenvalue weighted by atomic mass is 9.94. The Bertz CT molecular complexity index is 405. The maximum Gasteiger partial charge on any atom is 0.150 e. The molecule has 0 fully saturated rings. The molecule has 1 rings (SSSR count). The molecule has 0 aliphatic carbocycles. The number of aryl methyl sites for hydroxylation is 2. The number of carbonyl (C=O) groups excluding carboxylic acids is 1. The van der Waals surface area contributed by atoms with Gasteiger partial charge in [0.1, 0.15) is 0 Å². The van der Waals surface area contributed by atoms with Crippen LogP contribution in [0.25, 0.3) is 5.03 Å². The molecule has 0 bridgehead atoms. The van der Waals surface area contributed by atoms with Crippen molar-refractivity contribution >= 4 is 22.9 Å². The molecule has 0 aromatic heterocycles. The fraction of sp³-hybridized carbons (Fsp3) is 0.250. The quantitative estimate of drug-likeness (QED) is 0.679. The molecule has 1 nitrogen and oxygen atoms in total. The Balaban J connectivity index is 3.60. The molecule has 0 saturated carbocycles. The number of hydrogen-bond donors (Lipinski definition) is 0. The molecule has 0 aliphatic heterocycles. The van der Waals surface area contributed by atoms with Crippen molar-refractivity contribution < 1.29 is 4.79 Å². The highest BCUT2D eigenvalue weighted by molar-refractivity contribution is 6.48. The zero-order valence-electron chi connectivity index (χ0n) is 8.65. The van der Waals surface area contributed by atoms with Gasteiger partial charge in [0.2, 0.25) is 0 Å². The van der Waals surface area contributed by atoms with Gasteiger partial charge in [-0.3, -0.25) is 4.79 Å². The molecule has 0 saturated heterocycles. The summed E-state index contributed by atoms with van der Waals surface area (Å²) < 4.78 is 0. The molecule has 0 N–H and O–H groups in total. The van der Waals surface area contributed by atoms with Gasteiger partial charge in [-0.05, 0) is 43.0 Å². The average molecular weight is 209 g/mol. The number of benzene rings is 1. The molecule has 14 heavy (non-hydrogen) atoms. The van der Waals surface area contributed by atoms with Crippen LogP contribution in [0.5, 0.6) is 0 Å². The van der Waals surface area contributed by atoms with Crippen LogP contribution < -0.4 is 0 Å². The van der Waals surface area contributed by atoms with Crippen LogP contribution in [-0.2, 0) is 0 Å². The highest BCUT2D eigenvalue weighted by atomic mass is 35.5. The summed E-state index contributed by atoms with van der Waals surface area (Å²) in [6.45, 7) is 9.49. The van der Waals surface area contributed by atoms with Gasteiger partial charge < -0.3 is 0 Å². The van der Waals surface area contributed by atoms with Gasteiger partial charge in [-0.2, -0.15) is 0 Å². The molecule has 74 valence electrons. The summed E-state index contributed by atoms with van der Waals surface area (Å²) in [6.07, 6.45) is 0.868. The lowest BCUT2D eigenvalue weighted by Gasteiger charge is -2.12. The van der Waals surface area contributed by atoms with E-state index in [2.05, 4.69) is 6.58 Å². The fourth-order valence-corrected chi connectivity index (χ4v) is 2.09. The highest BCUT2D eigenvalue weighted by Crippen LogP contribution is 2.28. The fourth-order valence-electron chi connectivity index (χ4n) is 1.80. The second-order valence-electron chi connectivity index (χ2n) is 3.45. The Morgan fingerprint density at radius 1 is 1.36 bits per heavy atom. The van der Waals surface area contributed by atoms with E-state index in [0.717, 1.165) is 28.5 Å². The Morgan fingerprint density at radius 2 is 1.93 bits per heavy atom. The van der Waals surface area contributed by atoms with Crippen molar-refractivity contribution in [2.24, 2.45) is 0 Å². The van der Waals surface area contributed by atoms with Crippen molar-refractivity contribution in [3.8, 4) is 0 Å². The first-order valence-corrected chi connectivity index (χ1v) is 4.77. The molecule has 0 heterocycles. The standard InChI is InChI=1S/C12H13ClO/c1-7-5-8(2)12(10(4)13)9(3)11(7)6-14/h5-6H,4H2,1-3H3. The van der Waals surface area contributed by atoms with Crippen LogP contribution in [0.1, 0.15) is 32.6 Å². The van der Waals surface area contributed by atoms with Crippen molar-refractivity contribution in [1.29, 1.82) is 0 Å². The number of halogens is 1. The first-order chi connectivity index (χ1) is 6.49. The summed E-state index contributed by atoms with van der Waals surface area (Å²) >= 11 is 5.88. The van der Waals surface area contributed by atoms with E-state index in [1.165, 1.54) is 0 Å². The SMILES string of the molecule is C=C(Cl)c1c(C)cc(C)c(C=O)c1C. The third-order valence-corrected chi connectivity index (χ3v) is 2.61. The maximum absolute atomic E-state index is 10.9. The number of carbonyl (C=O) groups is 1. The van der Waals surface area contributed by atoms with Crippen molar-refractivity contribution in [2.45, 2.75) is 20.8 Å². The Labute approximate surface area is 89.4 Å². The van der Waals surface area contributed by atoms with Crippen LogP contribution in [0.4, 0.5) is 0 Å². The third-order valence-electron chi connectivity index (χ3n) is 2.42. The summed E-state index contributed by atoms with van der Waals surface area (Å²) in [6, 6.07) is 1.96. The lowest BCUT2D eigenvalue weighted by Crippen LogP contribution is -1.98. The van der Waals surface area contributed by atoms with Gasteiger partial charge in [0.25, 0.3) is 0 Å². The predicted octanol–water partition coefficient (Wildman–Crippen LogP) is 3.63. The molecule has 0 atom stereocenters. The summed E-state index contributed by atoms with van der Waals surface area (Å²) in [5.74, 6) is 0. The van der Waals surface area contributed by atoms with E-state index < -0.39 is 0 Å². The van der Waals surface area contributed by atoms with E-state index in [4.69, 9.17) is 11.6 Å². The van der Waals surface area contributed by atoms with Gasteiger partial charge >= 0.3 is 0 Å². The van der Waals surface area contributed by atoms with Crippen LogP contribution >= 0.6 is 11.6 Å². The van der Waals surface area contributed by atoms with Gasteiger partial charge in [0.15, 0.2) is 6.29 Å². The van der Waals surface area contributed by atoms with Gasteiger partial charge in [-0.15, -0.1) is 0 Å². The van der Waals surface area contributed by atoms with E-state index in [1.807, 2.05) is 26.8 Å². The second kappa shape index (κ2) is 3.97. The normalized spacial score (nSPS) is 10.0. The lowest BCUT2D eigenvalue weighted by molar-refractivity contribution is 0.112. The van der Waals surface area contributed by atoms with Crippen molar-refractivity contribution in [3.05, 3.63) is 40.5 Å². The van der Waals surface area contributed by atoms with E-state index in [9.17, 15) is 4.79 Å². The molecule has 1 aromatic carbocycles.